The maximum absolute atomic E-state index is 4.32. The maximum Gasteiger partial charge on any atom is 0.224 e. The number of hydrogen-bond acceptors (Lipinski definition) is 4. The van der Waals surface area contributed by atoms with Crippen molar-refractivity contribution in [3.63, 3.8) is 0 Å². The smallest absolute Gasteiger partial charge is 0.224 e. The van der Waals surface area contributed by atoms with E-state index in [4.69, 9.17) is 0 Å². The molecule has 1 aliphatic rings. The Balaban J connectivity index is 2.03. The van der Waals surface area contributed by atoms with Crippen LogP contribution in [0.3, 0.4) is 0 Å². The Labute approximate surface area is 103 Å². The lowest BCUT2D eigenvalue weighted by molar-refractivity contribution is 0.366. The van der Waals surface area contributed by atoms with Gasteiger partial charge in [0.2, 0.25) is 5.95 Å². The number of nitrogens with one attached hydrogen (secondary N) is 2. The van der Waals surface area contributed by atoms with Crippen LogP contribution in [0.25, 0.3) is 0 Å². The Hall–Kier alpha value is -1.10. The molecule has 1 atom stereocenters. The lowest BCUT2D eigenvalue weighted by Crippen LogP contribution is -2.31. The lowest BCUT2D eigenvalue weighted by Gasteiger charge is -2.22. The molecule has 2 rings (SSSR count). The van der Waals surface area contributed by atoms with Crippen molar-refractivity contribution in [2.75, 3.05) is 25.0 Å². The average Bonchev–Trinajstić information content (AvgIpc) is 2.73. The average molecular weight is 237 g/mol. The summed E-state index contributed by atoms with van der Waals surface area (Å²) >= 11 is 0. The molecule has 5 nitrogen and oxygen atoms in total. The molecule has 0 bridgehead atoms. The van der Waals surface area contributed by atoms with Gasteiger partial charge in [-0.25, -0.2) is 0 Å². The van der Waals surface area contributed by atoms with E-state index in [0.29, 0.717) is 5.92 Å². The van der Waals surface area contributed by atoms with E-state index in [-0.39, 0.29) is 0 Å². The summed E-state index contributed by atoms with van der Waals surface area (Å²) < 4.78 is 2.19. The Bertz CT molecular complexity index is 341. The van der Waals surface area contributed by atoms with Crippen LogP contribution in [0.1, 0.15) is 32.5 Å². The monoisotopic (exact) mass is 237 g/mol. The number of piperidine rings is 1. The van der Waals surface area contributed by atoms with E-state index in [1.807, 2.05) is 0 Å². The third-order valence-electron chi connectivity index (χ3n) is 3.35. The molecule has 0 saturated carbocycles. The van der Waals surface area contributed by atoms with Crippen molar-refractivity contribution in [2.24, 2.45) is 5.92 Å². The fourth-order valence-electron chi connectivity index (χ4n) is 2.46. The minimum atomic E-state index is 0.715. The summed E-state index contributed by atoms with van der Waals surface area (Å²) in [5.74, 6) is 2.75. The van der Waals surface area contributed by atoms with Crippen LogP contribution >= 0.6 is 0 Å². The van der Waals surface area contributed by atoms with E-state index in [1.54, 1.807) is 0 Å². The molecule has 0 aliphatic carbocycles. The van der Waals surface area contributed by atoms with Crippen molar-refractivity contribution in [1.29, 1.82) is 0 Å². The normalized spacial score (nSPS) is 20.5. The predicted molar refractivity (Wildman–Crippen MR) is 69.2 cm³/mol. The summed E-state index contributed by atoms with van der Waals surface area (Å²) in [6.07, 6.45) is 3.63. The van der Waals surface area contributed by atoms with Crippen LogP contribution in [0.15, 0.2) is 0 Å². The summed E-state index contributed by atoms with van der Waals surface area (Å²) in [6, 6.07) is 0. The molecule has 0 radical (unpaired) electrons. The Kier molecular flexibility index (Phi) is 4.36. The molecule has 0 spiro atoms. The van der Waals surface area contributed by atoms with Crippen LogP contribution in [0.5, 0.6) is 0 Å². The standard InChI is InChI=1S/C12H23N5/c1-3-14-12-16-15-11(17(12)4-2)8-10-6-5-7-13-9-10/h10,13H,3-9H2,1-2H3,(H,14,16). The third kappa shape index (κ3) is 2.97. The quantitative estimate of drug-likeness (QED) is 0.810. The summed E-state index contributed by atoms with van der Waals surface area (Å²) in [4.78, 5) is 0. The molecule has 1 aromatic heterocycles. The number of aromatic nitrogens is 3. The van der Waals surface area contributed by atoms with Crippen molar-refractivity contribution in [3.05, 3.63) is 5.82 Å². The summed E-state index contributed by atoms with van der Waals surface area (Å²) in [7, 11) is 0. The molecule has 1 fully saturated rings. The highest BCUT2D eigenvalue weighted by atomic mass is 15.3. The van der Waals surface area contributed by atoms with Gasteiger partial charge in [-0.15, -0.1) is 10.2 Å². The lowest BCUT2D eigenvalue weighted by atomic mass is 9.96. The SMILES string of the molecule is CCNc1nnc(CC2CCCNC2)n1CC. The molecule has 17 heavy (non-hydrogen) atoms. The fourth-order valence-corrected chi connectivity index (χ4v) is 2.46. The summed E-state index contributed by atoms with van der Waals surface area (Å²) in [5.41, 5.74) is 0. The van der Waals surface area contributed by atoms with Crippen LogP contribution in [0.2, 0.25) is 0 Å². The van der Waals surface area contributed by atoms with E-state index >= 15 is 0 Å². The first-order valence-corrected chi connectivity index (χ1v) is 6.71. The second kappa shape index (κ2) is 6.00. The van der Waals surface area contributed by atoms with Crippen molar-refractivity contribution in [2.45, 2.75) is 39.7 Å². The molecule has 96 valence electrons. The van der Waals surface area contributed by atoms with E-state index in [2.05, 4.69) is 39.2 Å². The molecule has 1 unspecified atom stereocenters. The van der Waals surface area contributed by atoms with E-state index in [9.17, 15) is 0 Å². The predicted octanol–water partition coefficient (Wildman–Crippen LogP) is 1.27. The van der Waals surface area contributed by atoms with Crippen molar-refractivity contribution < 1.29 is 0 Å². The first-order valence-electron chi connectivity index (χ1n) is 6.71. The van der Waals surface area contributed by atoms with Gasteiger partial charge in [-0.05, 0) is 45.7 Å². The topological polar surface area (TPSA) is 54.8 Å². The summed E-state index contributed by atoms with van der Waals surface area (Å²) in [5, 5.41) is 15.3. The van der Waals surface area contributed by atoms with E-state index in [0.717, 1.165) is 37.8 Å². The molecule has 0 aromatic carbocycles. The van der Waals surface area contributed by atoms with Gasteiger partial charge >= 0.3 is 0 Å². The van der Waals surface area contributed by atoms with Gasteiger partial charge in [0.15, 0.2) is 0 Å². The van der Waals surface area contributed by atoms with Crippen LogP contribution < -0.4 is 10.6 Å². The van der Waals surface area contributed by atoms with Crippen LogP contribution in [0.4, 0.5) is 5.95 Å². The van der Waals surface area contributed by atoms with Crippen LogP contribution in [0, 0.1) is 5.92 Å². The number of rotatable bonds is 5. The maximum atomic E-state index is 4.32. The van der Waals surface area contributed by atoms with Crippen molar-refractivity contribution in [1.82, 2.24) is 20.1 Å². The molecule has 2 N–H and O–H groups in total. The largest absolute Gasteiger partial charge is 0.355 e. The Morgan fingerprint density at radius 3 is 2.94 bits per heavy atom. The van der Waals surface area contributed by atoms with Gasteiger partial charge in [0.25, 0.3) is 0 Å². The zero-order valence-corrected chi connectivity index (χ0v) is 10.9. The van der Waals surface area contributed by atoms with E-state index < -0.39 is 0 Å². The van der Waals surface area contributed by atoms with Gasteiger partial charge in [0, 0.05) is 19.5 Å². The third-order valence-corrected chi connectivity index (χ3v) is 3.35. The highest BCUT2D eigenvalue weighted by molar-refractivity contribution is 5.25. The van der Waals surface area contributed by atoms with Gasteiger partial charge < -0.3 is 10.6 Å². The molecule has 1 aliphatic heterocycles. The molecule has 2 heterocycles. The highest BCUT2D eigenvalue weighted by Gasteiger charge is 2.18. The minimum Gasteiger partial charge on any atom is -0.355 e. The first-order chi connectivity index (χ1) is 8.35. The van der Waals surface area contributed by atoms with Gasteiger partial charge in [0.05, 0.1) is 0 Å². The molecule has 1 aromatic rings. The van der Waals surface area contributed by atoms with Crippen LogP contribution in [-0.4, -0.2) is 34.4 Å². The fraction of sp³-hybridized carbons (Fsp3) is 0.833. The highest BCUT2D eigenvalue weighted by Crippen LogP contribution is 2.17. The molecule has 1 saturated heterocycles. The molecular formula is C12H23N5. The number of hydrogen-bond donors (Lipinski definition) is 2. The van der Waals surface area contributed by atoms with Crippen molar-refractivity contribution >= 4 is 5.95 Å². The van der Waals surface area contributed by atoms with Crippen LogP contribution in [-0.2, 0) is 13.0 Å². The second-order valence-electron chi connectivity index (χ2n) is 4.63. The number of nitrogens with zero attached hydrogens (tertiary/aromatic N) is 3. The van der Waals surface area contributed by atoms with Gasteiger partial charge in [-0.3, -0.25) is 4.57 Å². The molecule has 5 heteroatoms. The number of anilines is 1. The van der Waals surface area contributed by atoms with Gasteiger partial charge in [0.1, 0.15) is 5.82 Å². The summed E-state index contributed by atoms with van der Waals surface area (Å²) in [6.45, 7) is 8.34. The van der Waals surface area contributed by atoms with Gasteiger partial charge in [-0.1, -0.05) is 0 Å². The Morgan fingerprint density at radius 1 is 1.41 bits per heavy atom. The van der Waals surface area contributed by atoms with Gasteiger partial charge in [-0.2, -0.15) is 0 Å². The zero-order valence-electron chi connectivity index (χ0n) is 10.9. The Morgan fingerprint density at radius 2 is 2.29 bits per heavy atom. The second-order valence-corrected chi connectivity index (χ2v) is 4.63. The molecule has 0 amide bonds. The minimum absolute atomic E-state index is 0.715. The van der Waals surface area contributed by atoms with E-state index in [1.165, 1.54) is 19.4 Å². The van der Waals surface area contributed by atoms with Crippen molar-refractivity contribution in [3.8, 4) is 0 Å². The zero-order chi connectivity index (χ0) is 12.1. The first kappa shape index (κ1) is 12.4. The molecular weight excluding hydrogens is 214 g/mol.